The lowest BCUT2D eigenvalue weighted by Crippen LogP contribution is -2.46. The maximum absolute atomic E-state index is 6.02. The predicted molar refractivity (Wildman–Crippen MR) is 74.4 cm³/mol. The first kappa shape index (κ1) is 15.1. The molecule has 0 unspecified atom stereocenters. The van der Waals surface area contributed by atoms with Crippen LogP contribution in [0.4, 0.5) is 0 Å². The fourth-order valence-electron chi connectivity index (χ4n) is 1.90. The van der Waals surface area contributed by atoms with Gasteiger partial charge in [0, 0.05) is 25.6 Å². The van der Waals surface area contributed by atoms with Crippen LogP contribution in [0.1, 0.15) is 18.6 Å². The molecule has 1 aromatic rings. The zero-order valence-corrected chi connectivity index (χ0v) is 11.9. The molecule has 0 saturated carbocycles. The molecule has 1 aliphatic rings. The maximum atomic E-state index is 6.02. The quantitative estimate of drug-likeness (QED) is 0.914. The summed E-state index contributed by atoms with van der Waals surface area (Å²) in [6.07, 6.45) is 0.126. The molecule has 1 aromatic carbocycles. The van der Waals surface area contributed by atoms with E-state index in [1.807, 2.05) is 25.1 Å². The number of hydrogen-bond acceptors (Lipinski definition) is 2. The number of hydrogen-bond donors (Lipinski definition) is 1. The SMILES string of the molecule is CCO[C@@H](c1ccc(Cl)c(Cl)c1)C1CNC1.Cl. The van der Waals surface area contributed by atoms with Crippen molar-refractivity contribution in [1.82, 2.24) is 5.32 Å². The van der Waals surface area contributed by atoms with Crippen LogP contribution in [0, 0.1) is 5.92 Å². The Kier molecular flexibility index (Phi) is 6.04. The highest BCUT2D eigenvalue weighted by Crippen LogP contribution is 2.32. The third-order valence-electron chi connectivity index (χ3n) is 2.86. The van der Waals surface area contributed by atoms with Gasteiger partial charge in [-0.1, -0.05) is 29.3 Å². The van der Waals surface area contributed by atoms with Gasteiger partial charge in [-0.25, -0.2) is 0 Å². The Labute approximate surface area is 118 Å². The molecule has 2 nitrogen and oxygen atoms in total. The van der Waals surface area contributed by atoms with Gasteiger partial charge >= 0.3 is 0 Å². The van der Waals surface area contributed by atoms with E-state index in [-0.39, 0.29) is 18.5 Å². The molecular formula is C12H16Cl3NO. The monoisotopic (exact) mass is 295 g/mol. The number of halogens is 3. The summed E-state index contributed by atoms with van der Waals surface area (Å²) in [5, 5.41) is 4.44. The van der Waals surface area contributed by atoms with Crippen molar-refractivity contribution in [3.05, 3.63) is 33.8 Å². The zero-order chi connectivity index (χ0) is 11.5. The van der Waals surface area contributed by atoms with Gasteiger partial charge in [-0.15, -0.1) is 12.4 Å². The number of nitrogens with one attached hydrogen (secondary N) is 1. The number of ether oxygens (including phenoxy) is 1. The Morgan fingerprint density at radius 2 is 2.06 bits per heavy atom. The van der Waals surface area contributed by atoms with Gasteiger partial charge < -0.3 is 10.1 Å². The first-order valence-corrected chi connectivity index (χ1v) is 6.25. The van der Waals surface area contributed by atoms with Crippen LogP contribution in [-0.4, -0.2) is 19.7 Å². The smallest absolute Gasteiger partial charge is 0.0877 e. The molecule has 5 heteroatoms. The average molecular weight is 297 g/mol. The Balaban J connectivity index is 0.00000144. The Bertz CT molecular complexity index is 369. The third-order valence-corrected chi connectivity index (χ3v) is 3.60. The molecule has 0 radical (unpaired) electrons. The fraction of sp³-hybridized carbons (Fsp3) is 0.500. The molecule has 1 aliphatic heterocycles. The highest BCUT2D eigenvalue weighted by Gasteiger charge is 2.29. The average Bonchev–Trinajstić information content (AvgIpc) is 2.19. The van der Waals surface area contributed by atoms with Crippen LogP contribution in [0.5, 0.6) is 0 Å². The largest absolute Gasteiger partial charge is 0.373 e. The van der Waals surface area contributed by atoms with Crippen molar-refractivity contribution in [2.75, 3.05) is 19.7 Å². The molecule has 0 aliphatic carbocycles. The Morgan fingerprint density at radius 3 is 2.53 bits per heavy atom. The summed E-state index contributed by atoms with van der Waals surface area (Å²) in [4.78, 5) is 0. The van der Waals surface area contributed by atoms with E-state index in [9.17, 15) is 0 Å². The minimum Gasteiger partial charge on any atom is -0.373 e. The Morgan fingerprint density at radius 1 is 1.35 bits per heavy atom. The van der Waals surface area contributed by atoms with E-state index in [4.69, 9.17) is 27.9 Å². The minimum absolute atomic E-state index is 0. The molecule has 1 saturated heterocycles. The normalized spacial score (nSPS) is 17.1. The van der Waals surface area contributed by atoms with Crippen molar-refractivity contribution >= 4 is 35.6 Å². The van der Waals surface area contributed by atoms with Crippen molar-refractivity contribution in [2.24, 2.45) is 5.92 Å². The van der Waals surface area contributed by atoms with E-state index in [1.54, 1.807) is 0 Å². The molecule has 96 valence electrons. The molecule has 2 rings (SSSR count). The van der Waals surface area contributed by atoms with Gasteiger partial charge in [0.2, 0.25) is 0 Å². The topological polar surface area (TPSA) is 21.3 Å². The number of benzene rings is 1. The van der Waals surface area contributed by atoms with Crippen molar-refractivity contribution in [3.8, 4) is 0 Å². The van der Waals surface area contributed by atoms with Gasteiger partial charge in [-0.05, 0) is 24.6 Å². The van der Waals surface area contributed by atoms with Gasteiger partial charge in [0.05, 0.1) is 16.1 Å². The lowest BCUT2D eigenvalue weighted by molar-refractivity contribution is 0.000440. The second-order valence-electron chi connectivity index (χ2n) is 3.97. The third kappa shape index (κ3) is 3.49. The molecular weight excluding hydrogens is 280 g/mol. The first-order valence-electron chi connectivity index (χ1n) is 5.49. The molecule has 17 heavy (non-hydrogen) atoms. The highest BCUT2D eigenvalue weighted by atomic mass is 35.5. The summed E-state index contributed by atoms with van der Waals surface area (Å²) in [6, 6.07) is 5.73. The molecule has 0 spiro atoms. The minimum atomic E-state index is 0. The van der Waals surface area contributed by atoms with Crippen molar-refractivity contribution < 1.29 is 4.74 Å². The van der Waals surface area contributed by atoms with Gasteiger partial charge in [-0.3, -0.25) is 0 Å². The van der Waals surface area contributed by atoms with Gasteiger partial charge in [-0.2, -0.15) is 0 Å². The van der Waals surface area contributed by atoms with Gasteiger partial charge in [0.1, 0.15) is 0 Å². The predicted octanol–water partition coefficient (Wildman–Crippen LogP) is 3.71. The molecule has 0 bridgehead atoms. The van der Waals surface area contributed by atoms with Crippen LogP contribution in [0.2, 0.25) is 10.0 Å². The second-order valence-corrected chi connectivity index (χ2v) is 4.78. The van der Waals surface area contributed by atoms with Crippen molar-refractivity contribution in [3.63, 3.8) is 0 Å². The fourth-order valence-corrected chi connectivity index (χ4v) is 2.20. The maximum Gasteiger partial charge on any atom is 0.0877 e. The van der Waals surface area contributed by atoms with Crippen LogP contribution in [0.15, 0.2) is 18.2 Å². The van der Waals surface area contributed by atoms with Crippen LogP contribution < -0.4 is 5.32 Å². The van der Waals surface area contributed by atoms with E-state index < -0.39 is 0 Å². The van der Waals surface area contributed by atoms with E-state index in [1.165, 1.54) is 0 Å². The summed E-state index contributed by atoms with van der Waals surface area (Å²) < 4.78 is 5.79. The molecule has 1 atom stereocenters. The summed E-state index contributed by atoms with van der Waals surface area (Å²) in [5.74, 6) is 0.539. The van der Waals surface area contributed by atoms with E-state index in [0.717, 1.165) is 18.7 Å². The van der Waals surface area contributed by atoms with Crippen molar-refractivity contribution in [2.45, 2.75) is 13.0 Å². The molecule has 0 aromatic heterocycles. The molecule has 1 heterocycles. The Hall–Kier alpha value is 0.01000. The molecule has 1 fully saturated rings. The second kappa shape index (κ2) is 6.81. The van der Waals surface area contributed by atoms with Crippen LogP contribution in [0.25, 0.3) is 0 Å². The van der Waals surface area contributed by atoms with Crippen LogP contribution >= 0.6 is 35.6 Å². The standard InChI is InChI=1S/C12H15Cl2NO.ClH/c1-2-16-12(9-6-15-7-9)8-3-4-10(13)11(14)5-8;/h3-5,9,12,15H,2,6-7H2,1H3;1H/t12-;/m0./s1. The van der Waals surface area contributed by atoms with Crippen LogP contribution in [-0.2, 0) is 4.74 Å². The van der Waals surface area contributed by atoms with E-state index in [0.29, 0.717) is 22.6 Å². The molecule has 0 amide bonds. The lowest BCUT2D eigenvalue weighted by Gasteiger charge is -2.34. The van der Waals surface area contributed by atoms with Crippen LogP contribution in [0.3, 0.4) is 0 Å². The summed E-state index contributed by atoms with van der Waals surface area (Å²) in [6.45, 7) is 4.73. The highest BCUT2D eigenvalue weighted by molar-refractivity contribution is 6.42. The van der Waals surface area contributed by atoms with E-state index >= 15 is 0 Å². The summed E-state index contributed by atoms with van der Waals surface area (Å²) in [5.41, 5.74) is 1.11. The number of rotatable bonds is 4. The zero-order valence-electron chi connectivity index (χ0n) is 9.58. The first-order chi connectivity index (χ1) is 7.72. The van der Waals surface area contributed by atoms with Gasteiger partial charge in [0.15, 0.2) is 0 Å². The van der Waals surface area contributed by atoms with E-state index in [2.05, 4.69) is 5.32 Å². The summed E-state index contributed by atoms with van der Waals surface area (Å²) in [7, 11) is 0. The molecule has 1 N–H and O–H groups in total. The summed E-state index contributed by atoms with van der Waals surface area (Å²) >= 11 is 11.9. The van der Waals surface area contributed by atoms with Crippen molar-refractivity contribution in [1.29, 1.82) is 0 Å². The lowest BCUT2D eigenvalue weighted by atomic mass is 9.91. The van der Waals surface area contributed by atoms with Gasteiger partial charge in [0.25, 0.3) is 0 Å².